The second kappa shape index (κ2) is 10.3. The third kappa shape index (κ3) is 5.71. The van der Waals surface area contributed by atoms with Crippen molar-refractivity contribution < 1.29 is 14.3 Å². The average Bonchev–Trinajstić information content (AvgIpc) is 3.19. The first-order valence-electron chi connectivity index (χ1n) is 9.49. The molecule has 0 saturated carbocycles. The van der Waals surface area contributed by atoms with Gasteiger partial charge in [0.1, 0.15) is 5.01 Å². The Morgan fingerprint density at radius 2 is 1.79 bits per heavy atom. The van der Waals surface area contributed by atoms with E-state index in [9.17, 15) is 4.79 Å². The SMILES string of the molecule is CCOc1ccc(C(=O)NCCc2csc(-c3ccc(Cl)cc3)n2)cc1OCC. The number of carbonyl (C=O) groups excluding carboxylic acids is 1. The van der Waals surface area contributed by atoms with Crippen LogP contribution >= 0.6 is 22.9 Å². The van der Waals surface area contributed by atoms with Gasteiger partial charge in [-0.3, -0.25) is 4.79 Å². The predicted molar refractivity (Wildman–Crippen MR) is 117 cm³/mol. The summed E-state index contributed by atoms with van der Waals surface area (Å²) in [6.45, 7) is 5.35. The molecule has 29 heavy (non-hydrogen) atoms. The van der Waals surface area contributed by atoms with Gasteiger partial charge in [0.15, 0.2) is 11.5 Å². The fraction of sp³-hybridized carbons (Fsp3) is 0.273. The first kappa shape index (κ1) is 21.1. The number of nitrogens with one attached hydrogen (secondary N) is 1. The van der Waals surface area contributed by atoms with Crippen LogP contribution in [0.15, 0.2) is 47.8 Å². The van der Waals surface area contributed by atoms with Crippen LogP contribution in [-0.2, 0) is 6.42 Å². The molecule has 0 fully saturated rings. The van der Waals surface area contributed by atoms with E-state index in [1.807, 2.05) is 43.5 Å². The Kier molecular flexibility index (Phi) is 7.49. The van der Waals surface area contributed by atoms with E-state index in [-0.39, 0.29) is 5.91 Å². The van der Waals surface area contributed by atoms with E-state index in [4.69, 9.17) is 21.1 Å². The van der Waals surface area contributed by atoms with Crippen molar-refractivity contribution in [2.24, 2.45) is 0 Å². The first-order chi connectivity index (χ1) is 14.1. The Labute approximate surface area is 179 Å². The number of thiazole rings is 1. The Morgan fingerprint density at radius 1 is 1.07 bits per heavy atom. The molecule has 0 spiro atoms. The molecule has 1 amide bonds. The standard InChI is InChI=1S/C22H23ClN2O3S/c1-3-27-19-10-7-16(13-20(19)28-4-2)21(26)24-12-11-18-14-29-22(25-18)15-5-8-17(23)9-6-15/h5-10,13-14H,3-4,11-12H2,1-2H3,(H,24,26). The zero-order valence-corrected chi connectivity index (χ0v) is 18.0. The van der Waals surface area contributed by atoms with Gasteiger partial charge >= 0.3 is 0 Å². The molecule has 1 heterocycles. The summed E-state index contributed by atoms with van der Waals surface area (Å²) in [4.78, 5) is 17.1. The van der Waals surface area contributed by atoms with Crippen LogP contribution in [0.5, 0.6) is 11.5 Å². The molecular formula is C22H23ClN2O3S. The lowest BCUT2D eigenvalue weighted by molar-refractivity contribution is 0.0953. The zero-order chi connectivity index (χ0) is 20.6. The molecular weight excluding hydrogens is 408 g/mol. The Morgan fingerprint density at radius 3 is 2.52 bits per heavy atom. The fourth-order valence-corrected chi connectivity index (χ4v) is 3.73. The summed E-state index contributed by atoms with van der Waals surface area (Å²) in [5, 5.41) is 6.59. The van der Waals surface area contributed by atoms with Gasteiger partial charge in [0.05, 0.1) is 18.9 Å². The van der Waals surface area contributed by atoms with Gasteiger partial charge in [-0.15, -0.1) is 11.3 Å². The Hall–Kier alpha value is -2.57. The van der Waals surface area contributed by atoms with Crippen molar-refractivity contribution in [1.82, 2.24) is 10.3 Å². The summed E-state index contributed by atoms with van der Waals surface area (Å²) in [6.07, 6.45) is 0.658. The molecule has 0 bridgehead atoms. The molecule has 3 rings (SSSR count). The van der Waals surface area contributed by atoms with Crippen molar-refractivity contribution in [2.75, 3.05) is 19.8 Å². The minimum absolute atomic E-state index is 0.151. The van der Waals surface area contributed by atoms with E-state index in [0.29, 0.717) is 48.3 Å². The van der Waals surface area contributed by atoms with Crippen LogP contribution in [0.25, 0.3) is 10.6 Å². The van der Waals surface area contributed by atoms with Gasteiger partial charge in [0.25, 0.3) is 5.91 Å². The van der Waals surface area contributed by atoms with E-state index < -0.39 is 0 Å². The summed E-state index contributed by atoms with van der Waals surface area (Å²) >= 11 is 7.51. The maximum Gasteiger partial charge on any atom is 0.251 e. The van der Waals surface area contributed by atoms with Crippen LogP contribution < -0.4 is 14.8 Å². The van der Waals surface area contributed by atoms with Crippen molar-refractivity contribution in [3.05, 3.63) is 64.1 Å². The van der Waals surface area contributed by atoms with Crippen LogP contribution in [0.3, 0.4) is 0 Å². The number of rotatable bonds is 9. The number of benzene rings is 2. The number of carbonyl (C=O) groups is 1. The number of hydrogen-bond acceptors (Lipinski definition) is 5. The summed E-state index contributed by atoms with van der Waals surface area (Å²) in [7, 11) is 0. The van der Waals surface area contributed by atoms with E-state index in [1.54, 1.807) is 29.5 Å². The summed E-state index contributed by atoms with van der Waals surface area (Å²) < 4.78 is 11.1. The number of aromatic nitrogens is 1. The van der Waals surface area contributed by atoms with Crippen molar-refractivity contribution in [1.29, 1.82) is 0 Å². The van der Waals surface area contributed by atoms with Crippen molar-refractivity contribution >= 4 is 28.8 Å². The summed E-state index contributed by atoms with van der Waals surface area (Å²) in [6, 6.07) is 12.8. The normalized spacial score (nSPS) is 10.6. The van der Waals surface area contributed by atoms with Crippen molar-refractivity contribution in [2.45, 2.75) is 20.3 Å². The van der Waals surface area contributed by atoms with Crippen LogP contribution in [0.1, 0.15) is 29.9 Å². The predicted octanol–water partition coefficient (Wildman–Crippen LogP) is 5.23. The van der Waals surface area contributed by atoms with E-state index in [0.717, 1.165) is 16.3 Å². The number of nitrogens with zero attached hydrogens (tertiary/aromatic N) is 1. The molecule has 0 radical (unpaired) electrons. The average molecular weight is 431 g/mol. The largest absolute Gasteiger partial charge is 0.490 e. The molecule has 0 aliphatic carbocycles. The molecule has 5 nitrogen and oxygen atoms in total. The first-order valence-corrected chi connectivity index (χ1v) is 10.7. The monoisotopic (exact) mass is 430 g/mol. The van der Waals surface area contributed by atoms with Gasteiger partial charge in [0.2, 0.25) is 0 Å². The van der Waals surface area contributed by atoms with Gasteiger partial charge in [0, 0.05) is 34.5 Å². The highest BCUT2D eigenvalue weighted by Gasteiger charge is 2.12. The number of amides is 1. The molecule has 0 aliphatic rings. The van der Waals surface area contributed by atoms with Crippen LogP contribution in [0.4, 0.5) is 0 Å². The van der Waals surface area contributed by atoms with Gasteiger partial charge in [-0.05, 0) is 44.2 Å². The Bertz CT molecular complexity index is 957. The summed E-state index contributed by atoms with van der Waals surface area (Å²) in [5.74, 6) is 1.07. The highest BCUT2D eigenvalue weighted by molar-refractivity contribution is 7.13. The van der Waals surface area contributed by atoms with Gasteiger partial charge in [-0.2, -0.15) is 0 Å². The quantitative estimate of drug-likeness (QED) is 0.504. The third-order valence-corrected chi connectivity index (χ3v) is 5.31. The maximum atomic E-state index is 12.5. The molecule has 0 saturated heterocycles. The van der Waals surface area contributed by atoms with Crippen LogP contribution in [0.2, 0.25) is 5.02 Å². The third-order valence-electron chi connectivity index (χ3n) is 4.12. The van der Waals surface area contributed by atoms with Crippen LogP contribution in [-0.4, -0.2) is 30.6 Å². The van der Waals surface area contributed by atoms with Crippen molar-refractivity contribution in [3.63, 3.8) is 0 Å². The lowest BCUT2D eigenvalue weighted by Crippen LogP contribution is -2.25. The smallest absolute Gasteiger partial charge is 0.251 e. The maximum absolute atomic E-state index is 12.5. The second-order valence-electron chi connectivity index (χ2n) is 6.18. The second-order valence-corrected chi connectivity index (χ2v) is 7.48. The number of halogens is 1. The molecule has 2 aromatic carbocycles. The highest BCUT2D eigenvalue weighted by Crippen LogP contribution is 2.28. The number of hydrogen-bond donors (Lipinski definition) is 1. The minimum atomic E-state index is -0.151. The molecule has 1 aromatic heterocycles. The number of ether oxygens (including phenoxy) is 2. The molecule has 152 valence electrons. The highest BCUT2D eigenvalue weighted by atomic mass is 35.5. The Balaban J connectivity index is 1.57. The molecule has 0 atom stereocenters. The zero-order valence-electron chi connectivity index (χ0n) is 16.4. The van der Waals surface area contributed by atoms with E-state index in [1.165, 1.54) is 0 Å². The van der Waals surface area contributed by atoms with Gasteiger partial charge in [-0.25, -0.2) is 4.98 Å². The molecule has 3 aromatic rings. The molecule has 1 N–H and O–H groups in total. The lowest BCUT2D eigenvalue weighted by Gasteiger charge is -2.12. The lowest BCUT2D eigenvalue weighted by atomic mass is 10.2. The van der Waals surface area contributed by atoms with Crippen molar-refractivity contribution in [3.8, 4) is 22.1 Å². The molecule has 0 unspecified atom stereocenters. The van der Waals surface area contributed by atoms with Gasteiger partial charge in [-0.1, -0.05) is 23.7 Å². The molecule has 0 aliphatic heterocycles. The minimum Gasteiger partial charge on any atom is -0.490 e. The summed E-state index contributed by atoms with van der Waals surface area (Å²) in [5.41, 5.74) is 2.52. The molecule has 7 heteroatoms. The van der Waals surface area contributed by atoms with Gasteiger partial charge < -0.3 is 14.8 Å². The van der Waals surface area contributed by atoms with E-state index in [2.05, 4.69) is 10.3 Å². The topological polar surface area (TPSA) is 60.5 Å². The van der Waals surface area contributed by atoms with Crippen LogP contribution in [0, 0.1) is 0 Å². The fourth-order valence-electron chi connectivity index (χ4n) is 2.75. The van der Waals surface area contributed by atoms with E-state index >= 15 is 0 Å².